The first-order valence-corrected chi connectivity index (χ1v) is 11.1. The number of carbonyl (C=O) groups excluding carboxylic acids is 2. The molecule has 8 nitrogen and oxygen atoms in total. The summed E-state index contributed by atoms with van der Waals surface area (Å²) in [5, 5.41) is 10.3. The molecule has 1 aliphatic heterocycles. The molecule has 2 aromatic carbocycles. The highest BCUT2D eigenvalue weighted by atomic mass is 79.9. The number of aromatic nitrogens is 2. The summed E-state index contributed by atoms with van der Waals surface area (Å²) in [5.41, 5.74) is 3.77. The normalized spacial score (nSPS) is 15.7. The quantitative estimate of drug-likeness (QED) is 0.368. The lowest BCUT2D eigenvalue weighted by atomic mass is 9.94. The van der Waals surface area contributed by atoms with Crippen molar-refractivity contribution in [1.29, 1.82) is 0 Å². The van der Waals surface area contributed by atoms with Gasteiger partial charge < -0.3 is 20.1 Å². The van der Waals surface area contributed by atoms with Crippen molar-refractivity contribution in [2.24, 2.45) is 0 Å². The Kier molecular flexibility index (Phi) is 6.90. The molecule has 0 radical (unpaired) electrons. The molecular formula is C24H23BrN4O4. The number of urea groups is 1. The zero-order valence-electron chi connectivity index (χ0n) is 18.2. The Morgan fingerprint density at radius 3 is 2.55 bits per heavy atom. The number of allylic oxidation sites excluding steroid dienone is 1. The minimum absolute atomic E-state index is 0.107. The van der Waals surface area contributed by atoms with Gasteiger partial charge in [0, 0.05) is 34.6 Å². The standard InChI is InChI=1S/C24H23BrN4O4/c1-15-20(23(30)33-13-12-32-2)22(27-24(31)26-15)19-14-29(18-6-4-3-5-7-18)28-21(19)16-8-10-17(25)11-9-16/h3-11,14,22H,12-13H2,1-2H3,(H2,26,27,31)/t22-/m0/s1. The smallest absolute Gasteiger partial charge is 0.338 e. The number of nitrogens with one attached hydrogen (secondary N) is 2. The number of nitrogens with zero attached hydrogens (tertiary/aromatic N) is 2. The highest BCUT2D eigenvalue weighted by molar-refractivity contribution is 9.10. The van der Waals surface area contributed by atoms with Crippen molar-refractivity contribution >= 4 is 27.9 Å². The van der Waals surface area contributed by atoms with Crippen LogP contribution in [0.25, 0.3) is 16.9 Å². The zero-order chi connectivity index (χ0) is 23.4. The Bertz CT molecular complexity index is 1190. The first-order chi connectivity index (χ1) is 16.0. The van der Waals surface area contributed by atoms with Gasteiger partial charge in [0.15, 0.2) is 0 Å². The fraction of sp³-hybridized carbons (Fsp3) is 0.208. The zero-order valence-corrected chi connectivity index (χ0v) is 19.8. The third-order valence-corrected chi connectivity index (χ3v) is 5.73. The Hall–Kier alpha value is -3.43. The van der Waals surface area contributed by atoms with Crippen LogP contribution in [0.2, 0.25) is 0 Å². The fourth-order valence-electron chi connectivity index (χ4n) is 3.64. The first kappa shape index (κ1) is 22.8. The lowest BCUT2D eigenvalue weighted by Gasteiger charge is -2.28. The Balaban J connectivity index is 1.83. The second-order valence-electron chi connectivity index (χ2n) is 7.42. The Morgan fingerprint density at radius 2 is 1.85 bits per heavy atom. The molecule has 0 bridgehead atoms. The summed E-state index contributed by atoms with van der Waals surface area (Å²) in [5.74, 6) is -0.531. The number of esters is 1. The van der Waals surface area contributed by atoms with Crippen molar-refractivity contribution < 1.29 is 19.1 Å². The van der Waals surface area contributed by atoms with E-state index in [9.17, 15) is 9.59 Å². The molecule has 0 aliphatic carbocycles. The van der Waals surface area contributed by atoms with Crippen LogP contribution < -0.4 is 10.6 Å². The Morgan fingerprint density at radius 1 is 1.12 bits per heavy atom. The van der Waals surface area contributed by atoms with E-state index in [1.165, 1.54) is 7.11 Å². The summed E-state index contributed by atoms with van der Waals surface area (Å²) >= 11 is 3.46. The van der Waals surface area contributed by atoms with Crippen LogP contribution in [0.3, 0.4) is 0 Å². The van der Waals surface area contributed by atoms with E-state index < -0.39 is 18.0 Å². The van der Waals surface area contributed by atoms with Gasteiger partial charge in [-0.1, -0.05) is 46.3 Å². The van der Waals surface area contributed by atoms with Crippen LogP contribution in [0, 0.1) is 0 Å². The van der Waals surface area contributed by atoms with E-state index >= 15 is 0 Å². The SMILES string of the molecule is COCCOC(=O)C1=C(C)NC(=O)N[C@H]1c1cn(-c2ccccc2)nc1-c1ccc(Br)cc1. The van der Waals surface area contributed by atoms with Gasteiger partial charge in [0.25, 0.3) is 0 Å². The van der Waals surface area contributed by atoms with E-state index in [2.05, 4.69) is 26.6 Å². The molecule has 0 saturated heterocycles. The molecule has 0 unspecified atom stereocenters. The second kappa shape index (κ2) is 10.0. The van der Waals surface area contributed by atoms with E-state index in [4.69, 9.17) is 14.6 Å². The molecule has 2 amide bonds. The van der Waals surface area contributed by atoms with Gasteiger partial charge in [-0.3, -0.25) is 0 Å². The van der Waals surface area contributed by atoms with Gasteiger partial charge in [0.05, 0.1) is 29.6 Å². The van der Waals surface area contributed by atoms with Crippen molar-refractivity contribution in [2.75, 3.05) is 20.3 Å². The molecule has 0 saturated carbocycles. The molecule has 2 heterocycles. The van der Waals surface area contributed by atoms with Crippen LogP contribution in [0.1, 0.15) is 18.5 Å². The monoisotopic (exact) mass is 510 g/mol. The minimum atomic E-state index is -0.745. The number of halogens is 1. The number of para-hydroxylation sites is 1. The molecule has 1 atom stereocenters. The molecule has 3 aromatic rings. The van der Waals surface area contributed by atoms with Crippen molar-refractivity contribution in [2.45, 2.75) is 13.0 Å². The van der Waals surface area contributed by atoms with E-state index in [0.29, 0.717) is 22.5 Å². The summed E-state index contributed by atoms with van der Waals surface area (Å²) in [6, 6.07) is 16.2. The van der Waals surface area contributed by atoms with Gasteiger partial charge >= 0.3 is 12.0 Å². The number of benzene rings is 2. The number of methoxy groups -OCH3 is 1. The average molecular weight is 511 g/mol. The van der Waals surface area contributed by atoms with Gasteiger partial charge in [0.1, 0.15) is 6.61 Å². The highest BCUT2D eigenvalue weighted by Gasteiger charge is 2.35. The third kappa shape index (κ3) is 4.99. The topological polar surface area (TPSA) is 94.5 Å². The maximum absolute atomic E-state index is 13.0. The number of carbonyl (C=O) groups is 2. The fourth-order valence-corrected chi connectivity index (χ4v) is 3.90. The van der Waals surface area contributed by atoms with Crippen LogP contribution in [0.4, 0.5) is 4.79 Å². The molecular weight excluding hydrogens is 488 g/mol. The number of hydrogen-bond acceptors (Lipinski definition) is 5. The second-order valence-corrected chi connectivity index (χ2v) is 8.33. The summed E-state index contributed by atoms with van der Waals surface area (Å²) in [6.45, 7) is 2.06. The maximum atomic E-state index is 13.0. The molecule has 2 N–H and O–H groups in total. The van der Waals surface area contributed by atoms with Crippen LogP contribution >= 0.6 is 15.9 Å². The molecule has 170 valence electrons. The van der Waals surface area contributed by atoms with Gasteiger partial charge in [-0.2, -0.15) is 5.10 Å². The lowest BCUT2D eigenvalue weighted by molar-refractivity contribution is -0.140. The van der Waals surface area contributed by atoms with Crippen LogP contribution in [-0.2, 0) is 14.3 Å². The number of ether oxygens (including phenoxy) is 2. The van der Waals surface area contributed by atoms with E-state index in [1.54, 1.807) is 11.6 Å². The van der Waals surface area contributed by atoms with Crippen molar-refractivity contribution in [3.05, 3.63) is 82.1 Å². The summed E-state index contributed by atoms with van der Waals surface area (Å²) in [4.78, 5) is 25.4. The van der Waals surface area contributed by atoms with Crippen LogP contribution in [-0.4, -0.2) is 42.1 Å². The lowest BCUT2D eigenvalue weighted by Crippen LogP contribution is -2.45. The largest absolute Gasteiger partial charge is 0.460 e. The molecule has 4 rings (SSSR count). The van der Waals surface area contributed by atoms with Crippen LogP contribution in [0.15, 0.2) is 76.5 Å². The average Bonchev–Trinajstić information content (AvgIpc) is 3.25. The number of amides is 2. The molecule has 33 heavy (non-hydrogen) atoms. The molecule has 9 heteroatoms. The van der Waals surface area contributed by atoms with Gasteiger partial charge in [-0.05, 0) is 31.2 Å². The van der Waals surface area contributed by atoms with Gasteiger partial charge in [-0.25, -0.2) is 14.3 Å². The highest BCUT2D eigenvalue weighted by Crippen LogP contribution is 2.35. The Labute approximate surface area is 199 Å². The molecule has 0 fully saturated rings. The van der Waals surface area contributed by atoms with E-state index in [-0.39, 0.29) is 13.2 Å². The van der Waals surface area contributed by atoms with Crippen molar-refractivity contribution in [1.82, 2.24) is 20.4 Å². The van der Waals surface area contributed by atoms with Crippen LogP contribution in [0.5, 0.6) is 0 Å². The first-order valence-electron chi connectivity index (χ1n) is 10.3. The summed E-state index contributed by atoms with van der Waals surface area (Å²) in [6.07, 6.45) is 1.83. The predicted octanol–water partition coefficient (Wildman–Crippen LogP) is 4.12. The molecule has 0 spiro atoms. The maximum Gasteiger partial charge on any atom is 0.338 e. The summed E-state index contributed by atoms with van der Waals surface area (Å²) < 4.78 is 13.0. The van der Waals surface area contributed by atoms with Gasteiger partial charge in [0.2, 0.25) is 0 Å². The minimum Gasteiger partial charge on any atom is -0.460 e. The number of rotatable bonds is 7. The molecule has 1 aromatic heterocycles. The van der Waals surface area contributed by atoms with Gasteiger partial charge in [-0.15, -0.1) is 0 Å². The van der Waals surface area contributed by atoms with Crippen molar-refractivity contribution in [3.8, 4) is 16.9 Å². The number of hydrogen-bond donors (Lipinski definition) is 2. The molecule has 1 aliphatic rings. The van der Waals surface area contributed by atoms with Crippen molar-refractivity contribution in [3.63, 3.8) is 0 Å². The predicted molar refractivity (Wildman–Crippen MR) is 127 cm³/mol. The summed E-state index contributed by atoms with van der Waals surface area (Å²) in [7, 11) is 1.53. The van der Waals surface area contributed by atoms with E-state index in [1.807, 2.05) is 60.8 Å². The third-order valence-electron chi connectivity index (χ3n) is 5.20. The van der Waals surface area contributed by atoms with E-state index in [0.717, 1.165) is 15.7 Å².